The Balaban J connectivity index is 1.57. The molecule has 2 aromatic carbocycles. The molecule has 0 spiro atoms. The third-order valence-electron chi connectivity index (χ3n) is 5.00. The zero-order valence-electron chi connectivity index (χ0n) is 18.5. The van der Waals surface area contributed by atoms with Crippen LogP contribution in [-0.4, -0.2) is 43.1 Å². The maximum Gasteiger partial charge on any atom is 0.329 e. The average molecular weight is 460 g/mol. The van der Waals surface area contributed by atoms with E-state index in [1.807, 2.05) is 54.6 Å². The maximum absolute atomic E-state index is 12.6. The number of aliphatic hydroxyl groups is 1. The number of benzene rings is 2. The number of aromatic nitrogens is 4. The van der Waals surface area contributed by atoms with Crippen LogP contribution < -0.4 is 21.4 Å². The van der Waals surface area contributed by atoms with Crippen LogP contribution in [-0.2, 0) is 13.6 Å². The van der Waals surface area contributed by atoms with Gasteiger partial charge in [0.2, 0.25) is 5.95 Å². The second-order valence-corrected chi connectivity index (χ2v) is 7.47. The number of ether oxygens (including phenoxy) is 1. The SMILES string of the molecule is Cn1c(=O)[nH]c(=O)c2c1nc(N/N=C\C=C\c1ccccc1)n2C[C@@H](O)COc1ccccc1. The lowest BCUT2D eigenvalue weighted by atomic mass is 10.2. The summed E-state index contributed by atoms with van der Waals surface area (Å²) in [5.41, 5.74) is 2.92. The third-order valence-corrected chi connectivity index (χ3v) is 5.00. The first-order valence-corrected chi connectivity index (χ1v) is 10.6. The Labute approximate surface area is 194 Å². The van der Waals surface area contributed by atoms with Crippen molar-refractivity contribution in [3.8, 4) is 5.75 Å². The van der Waals surface area contributed by atoms with Crippen LogP contribution in [0.15, 0.2) is 81.4 Å². The van der Waals surface area contributed by atoms with Crippen molar-refractivity contribution in [1.82, 2.24) is 19.1 Å². The van der Waals surface area contributed by atoms with Gasteiger partial charge in [-0.1, -0.05) is 54.6 Å². The number of para-hydroxylation sites is 1. The second-order valence-electron chi connectivity index (χ2n) is 7.47. The summed E-state index contributed by atoms with van der Waals surface area (Å²) in [7, 11) is 1.50. The molecular weight excluding hydrogens is 436 g/mol. The topological polar surface area (TPSA) is 127 Å². The van der Waals surface area contributed by atoms with E-state index in [1.54, 1.807) is 18.2 Å². The number of aryl methyl sites for hydroxylation is 1. The highest BCUT2D eigenvalue weighted by Crippen LogP contribution is 2.17. The zero-order chi connectivity index (χ0) is 23.9. The Hall–Kier alpha value is -4.44. The molecule has 0 unspecified atom stereocenters. The molecule has 1 atom stereocenters. The number of hydrogen-bond donors (Lipinski definition) is 3. The number of aliphatic hydroxyl groups excluding tert-OH is 1. The first kappa shape index (κ1) is 22.7. The molecule has 0 aliphatic heterocycles. The van der Waals surface area contributed by atoms with Gasteiger partial charge in [-0.3, -0.25) is 14.3 Å². The van der Waals surface area contributed by atoms with E-state index in [1.165, 1.54) is 22.4 Å². The summed E-state index contributed by atoms with van der Waals surface area (Å²) >= 11 is 0. The largest absolute Gasteiger partial charge is 0.491 e. The van der Waals surface area contributed by atoms with E-state index in [9.17, 15) is 14.7 Å². The van der Waals surface area contributed by atoms with Crippen LogP contribution in [0.25, 0.3) is 17.2 Å². The lowest BCUT2D eigenvalue weighted by molar-refractivity contribution is 0.0938. The summed E-state index contributed by atoms with van der Waals surface area (Å²) in [5, 5.41) is 14.7. The molecule has 0 aliphatic carbocycles. The molecule has 0 bridgehead atoms. The van der Waals surface area contributed by atoms with E-state index in [4.69, 9.17) is 4.74 Å². The van der Waals surface area contributed by atoms with Gasteiger partial charge in [-0.05, 0) is 23.8 Å². The summed E-state index contributed by atoms with van der Waals surface area (Å²) in [6, 6.07) is 18.8. The van der Waals surface area contributed by atoms with Gasteiger partial charge in [-0.25, -0.2) is 10.2 Å². The standard InChI is InChI=1S/C24H24N6O4/c1-29-21-20(22(32)27-24(29)33)30(15-18(31)16-34-19-12-6-3-7-13-19)23(26-21)28-25-14-8-11-17-9-4-2-5-10-17/h2-14,18,31H,15-16H2,1H3,(H,26,28)(H,27,32,33)/b11-8+,25-14-/t18-/m1/s1. The van der Waals surface area contributed by atoms with Gasteiger partial charge in [0.1, 0.15) is 18.5 Å². The monoisotopic (exact) mass is 460 g/mol. The van der Waals surface area contributed by atoms with Crippen molar-refractivity contribution in [1.29, 1.82) is 0 Å². The Morgan fingerprint density at radius 2 is 1.85 bits per heavy atom. The molecule has 174 valence electrons. The molecule has 10 heteroatoms. The molecule has 2 heterocycles. The van der Waals surface area contributed by atoms with E-state index < -0.39 is 17.4 Å². The number of hydrogen-bond acceptors (Lipinski definition) is 7. The van der Waals surface area contributed by atoms with Crippen LogP contribution in [0.5, 0.6) is 5.75 Å². The normalized spacial score (nSPS) is 12.5. The predicted octanol–water partition coefficient (Wildman–Crippen LogP) is 1.97. The van der Waals surface area contributed by atoms with Crippen LogP contribution in [0.1, 0.15) is 5.56 Å². The molecule has 10 nitrogen and oxygen atoms in total. The van der Waals surface area contributed by atoms with Gasteiger partial charge in [0, 0.05) is 13.3 Å². The molecule has 2 aromatic heterocycles. The number of rotatable bonds is 9. The molecule has 0 aliphatic rings. The number of nitrogens with one attached hydrogen (secondary N) is 2. The van der Waals surface area contributed by atoms with Crippen molar-refractivity contribution in [2.75, 3.05) is 12.0 Å². The molecule has 0 saturated heterocycles. The van der Waals surface area contributed by atoms with E-state index in [0.29, 0.717) is 5.75 Å². The number of hydrazone groups is 1. The van der Waals surface area contributed by atoms with E-state index in [0.717, 1.165) is 5.56 Å². The molecule has 34 heavy (non-hydrogen) atoms. The quantitative estimate of drug-likeness (QED) is 0.259. The number of fused-ring (bicyclic) bond motifs is 1. The van der Waals surface area contributed by atoms with E-state index >= 15 is 0 Å². The van der Waals surface area contributed by atoms with Crippen LogP contribution in [0.4, 0.5) is 5.95 Å². The van der Waals surface area contributed by atoms with Crippen molar-refractivity contribution in [3.05, 3.63) is 93.1 Å². The fourth-order valence-electron chi connectivity index (χ4n) is 3.33. The molecule has 3 N–H and O–H groups in total. The summed E-state index contributed by atoms with van der Waals surface area (Å²) < 4.78 is 8.32. The highest BCUT2D eigenvalue weighted by Gasteiger charge is 2.19. The van der Waals surface area contributed by atoms with Crippen LogP contribution in [0, 0.1) is 0 Å². The highest BCUT2D eigenvalue weighted by molar-refractivity contribution is 5.79. The van der Waals surface area contributed by atoms with Crippen molar-refractivity contribution in [2.24, 2.45) is 12.1 Å². The van der Waals surface area contributed by atoms with Crippen molar-refractivity contribution < 1.29 is 9.84 Å². The molecular formula is C24H24N6O4. The number of anilines is 1. The Morgan fingerprint density at radius 1 is 1.15 bits per heavy atom. The lowest BCUT2D eigenvalue weighted by Crippen LogP contribution is -2.30. The van der Waals surface area contributed by atoms with Crippen molar-refractivity contribution in [3.63, 3.8) is 0 Å². The Bertz CT molecular complexity index is 1420. The van der Waals surface area contributed by atoms with Crippen LogP contribution in [0.3, 0.4) is 0 Å². The summed E-state index contributed by atoms with van der Waals surface area (Å²) in [5.74, 6) is 0.815. The third kappa shape index (κ3) is 5.30. The zero-order valence-corrected chi connectivity index (χ0v) is 18.5. The minimum Gasteiger partial charge on any atom is -0.491 e. The number of aromatic amines is 1. The maximum atomic E-state index is 12.6. The Morgan fingerprint density at radius 3 is 2.59 bits per heavy atom. The average Bonchev–Trinajstić information content (AvgIpc) is 3.21. The summed E-state index contributed by atoms with van der Waals surface area (Å²) in [6.45, 7) is -0.0157. The molecule has 4 rings (SSSR count). The smallest absolute Gasteiger partial charge is 0.329 e. The fourth-order valence-corrected chi connectivity index (χ4v) is 3.33. The molecule has 0 radical (unpaired) electrons. The number of H-pyrrole nitrogens is 1. The first-order valence-electron chi connectivity index (χ1n) is 10.6. The summed E-state index contributed by atoms with van der Waals surface area (Å²) in [4.78, 5) is 31.2. The van der Waals surface area contributed by atoms with Crippen LogP contribution in [0.2, 0.25) is 0 Å². The van der Waals surface area contributed by atoms with Gasteiger partial charge in [0.05, 0.1) is 6.54 Å². The van der Waals surface area contributed by atoms with E-state index in [2.05, 4.69) is 20.5 Å². The minimum atomic E-state index is -0.961. The van der Waals surface area contributed by atoms with E-state index in [-0.39, 0.29) is 30.3 Å². The minimum absolute atomic E-state index is 0.00409. The lowest BCUT2D eigenvalue weighted by Gasteiger charge is -2.15. The summed E-state index contributed by atoms with van der Waals surface area (Å²) in [6.07, 6.45) is 4.21. The van der Waals surface area contributed by atoms with Crippen molar-refractivity contribution in [2.45, 2.75) is 12.6 Å². The van der Waals surface area contributed by atoms with Gasteiger partial charge >= 0.3 is 5.69 Å². The first-order chi connectivity index (χ1) is 16.5. The van der Waals surface area contributed by atoms with Gasteiger partial charge in [-0.15, -0.1) is 0 Å². The molecule has 0 fully saturated rings. The molecule has 0 saturated carbocycles. The van der Waals surface area contributed by atoms with Gasteiger partial charge in [-0.2, -0.15) is 10.1 Å². The number of imidazole rings is 1. The van der Waals surface area contributed by atoms with Crippen LogP contribution >= 0.6 is 0 Å². The number of allylic oxidation sites excluding steroid dienone is 1. The number of nitrogens with zero attached hydrogens (tertiary/aromatic N) is 4. The van der Waals surface area contributed by atoms with Gasteiger partial charge in [0.15, 0.2) is 11.2 Å². The molecule has 0 amide bonds. The predicted molar refractivity (Wildman–Crippen MR) is 131 cm³/mol. The van der Waals surface area contributed by atoms with Gasteiger partial charge in [0.25, 0.3) is 5.56 Å². The molecule has 4 aromatic rings. The second kappa shape index (κ2) is 10.5. The highest BCUT2D eigenvalue weighted by atomic mass is 16.5. The Kier molecular flexibility index (Phi) is 6.99. The van der Waals surface area contributed by atoms with Gasteiger partial charge < -0.3 is 14.4 Å². The fraction of sp³-hybridized carbons (Fsp3) is 0.167. The van der Waals surface area contributed by atoms with Crippen molar-refractivity contribution >= 4 is 29.4 Å².